The largest absolute Gasteiger partial charge is 0.392 e. The zero-order chi connectivity index (χ0) is 9.84. The van der Waals surface area contributed by atoms with E-state index >= 15 is 0 Å². The maximum absolute atomic E-state index is 11.6. The number of amides is 1. The Morgan fingerprint density at radius 2 is 2.46 bits per heavy atom. The lowest BCUT2D eigenvalue weighted by atomic mass is 10.2. The van der Waals surface area contributed by atoms with Crippen LogP contribution in [0, 0.1) is 0 Å². The Bertz CT molecular complexity index is 184. The second-order valence-electron chi connectivity index (χ2n) is 3.57. The third kappa shape index (κ3) is 3.19. The average molecular weight is 203 g/mol. The van der Waals surface area contributed by atoms with Crippen LogP contribution >= 0.6 is 11.8 Å². The molecular weight excluding hydrogens is 186 g/mol. The van der Waals surface area contributed by atoms with Crippen molar-refractivity contribution in [3.63, 3.8) is 0 Å². The summed E-state index contributed by atoms with van der Waals surface area (Å²) in [6, 6.07) is 0.259. The number of hydrogen-bond donors (Lipinski definition) is 1. The van der Waals surface area contributed by atoms with Gasteiger partial charge in [0.25, 0.3) is 0 Å². The van der Waals surface area contributed by atoms with Crippen LogP contribution in [-0.2, 0) is 4.79 Å². The minimum atomic E-state index is -0.422. The summed E-state index contributed by atoms with van der Waals surface area (Å²) < 4.78 is 0. The Morgan fingerprint density at radius 3 is 3.08 bits per heavy atom. The second kappa shape index (κ2) is 4.86. The molecule has 4 heteroatoms. The van der Waals surface area contributed by atoms with Crippen LogP contribution in [0.3, 0.4) is 0 Å². The molecule has 0 aliphatic carbocycles. The number of rotatable bonds is 2. The van der Waals surface area contributed by atoms with Crippen molar-refractivity contribution in [2.24, 2.45) is 0 Å². The highest BCUT2D eigenvalue weighted by molar-refractivity contribution is 7.99. The van der Waals surface area contributed by atoms with Crippen LogP contribution < -0.4 is 0 Å². The minimum absolute atomic E-state index is 0.179. The highest BCUT2D eigenvalue weighted by atomic mass is 32.2. The Labute approximate surface area is 83.5 Å². The highest BCUT2D eigenvalue weighted by Crippen LogP contribution is 2.17. The van der Waals surface area contributed by atoms with Gasteiger partial charge in [-0.2, -0.15) is 11.8 Å². The molecule has 3 nitrogen and oxygen atoms in total. The van der Waals surface area contributed by atoms with Gasteiger partial charge in [0, 0.05) is 30.5 Å². The van der Waals surface area contributed by atoms with Gasteiger partial charge >= 0.3 is 0 Å². The number of thioether (sulfide) groups is 1. The molecule has 0 aromatic heterocycles. The first-order chi connectivity index (χ1) is 6.11. The fraction of sp³-hybridized carbons (Fsp3) is 0.889. The molecule has 2 atom stereocenters. The molecular formula is C9H17NO2S. The van der Waals surface area contributed by atoms with Gasteiger partial charge in [-0.05, 0) is 13.8 Å². The molecule has 13 heavy (non-hydrogen) atoms. The van der Waals surface area contributed by atoms with Crippen LogP contribution in [0.2, 0.25) is 0 Å². The van der Waals surface area contributed by atoms with E-state index in [4.69, 9.17) is 0 Å². The first-order valence-corrected chi connectivity index (χ1v) is 5.82. The molecule has 1 saturated heterocycles. The van der Waals surface area contributed by atoms with Crippen LogP contribution in [0.1, 0.15) is 20.3 Å². The molecule has 0 radical (unpaired) electrons. The van der Waals surface area contributed by atoms with Gasteiger partial charge in [0.05, 0.1) is 6.10 Å². The molecule has 0 bridgehead atoms. The standard InChI is InChI=1S/C9H17NO2S/c1-7-6-13-4-3-9(12)10(7)5-8(2)11/h7-8,11H,3-6H2,1-2H3. The molecule has 1 amide bonds. The lowest BCUT2D eigenvalue weighted by Gasteiger charge is -2.28. The maximum atomic E-state index is 11.6. The van der Waals surface area contributed by atoms with Crippen molar-refractivity contribution in [1.29, 1.82) is 0 Å². The first-order valence-electron chi connectivity index (χ1n) is 4.66. The predicted molar refractivity (Wildman–Crippen MR) is 54.8 cm³/mol. The molecule has 1 aliphatic rings. The Morgan fingerprint density at radius 1 is 1.77 bits per heavy atom. The van der Waals surface area contributed by atoms with Crippen LogP contribution in [0.25, 0.3) is 0 Å². The van der Waals surface area contributed by atoms with Crippen molar-refractivity contribution in [1.82, 2.24) is 4.90 Å². The number of nitrogens with zero attached hydrogens (tertiary/aromatic N) is 1. The third-order valence-corrected chi connectivity index (χ3v) is 3.34. The summed E-state index contributed by atoms with van der Waals surface area (Å²) in [5.74, 6) is 2.08. The molecule has 76 valence electrons. The van der Waals surface area contributed by atoms with E-state index in [0.717, 1.165) is 11.5 Å². The molecule has 0 aromatic carbocycles. The van der Waals surface area contributed by atoms with Crippen molar-refractivity contribution in [2.75, 3.05) is 18.1 Å². The molecule has 1 rings (SSSR count). The molecule has 1 N–H and O–H groups in total. The zero-order valence-electron chi connectivity index (χ0n) is 8.19. The van der Waals surface area contributed by atoms with Gasteiger partial charge < -0.3 is 10.0 Å². The second-order valence-corrected chi connectivity index (χ2v) is 4.72. The van der Waals surface area contributed by atoms with E-state index in [2.05, 4.69) is 0 Å². The van der Waals surface area contributed by atoms with E-state index in [1.807, 2.05) is 18.7 Å². The number of aliphatic hydroxyl groups is 1. The average Bonchev–Trinajstić information content (AvgIpc) is 2.18. The van der Waals surface area contributed by atoms with Gasteiger partial charge in [0.1, 0.15) is 0 Å². The van der Waals surface area contributed by atoms with Crippen LogP contribution in [0.15, 0.2) is 0 Å². The monoisotopic (exact) mass is 203 g/mol. The van der Waals surface area contributed by atoms with E-state index < -0.39 is 6.10 Å². The van der Waals surface area contributed by atoms with Gasteiger partial charge in [0.2, 0.25) is 5.91 Å². The van der Waals surface area contributed by atoms with Gasteiger partial charge in [0.15, 0.2) is 0 Å². The Hall–Kier alpha value is -0.220. The number of carbonyl (C=O) groups excluding carboxylic acids is 1. The van der Waals surface area contributed by atoms with E-state index in [-0.39, 0.29) is 11.9 Å². The van der Waals surface area contributed by atoms with Crippen molar-refractivity contribution in [2.45, 2.75) is 32.4 Å². The van der Waals surface area contributed by atoms with Gasteiger partial charge in [-0.15, -0.1) is 0 Å². The normalized spacial score (nSPS) is 27.2. The molecule has 1 aliphatic heterocycles. The van der Waals surface area contributed by atoms with Crippen molar-refractivity contribution in [3.8, 4) is 0 Å². The summed E-state index contributed by atoms with van der Waals surface area (Å²) in [6.07, 6.45) is 0.191. The summed E-state index contributed by atoms with van der Waals surface area (Å²) in [5.41, 5.74) is 0. The van der Waals surface area contributed by atoms with E-state index in [9.17, 15) is 9.90 Å². The SMILES string of the molecule is CC(O)CN1C(=O)CCSCC1C. The number of hydrogen-bond acceptors (Lipinski definition) is 3. The summed E-state index contributed by atoms with van der Waals surface area (Å²) in [7, 11) is 0. The first kappa shape index (κ1) is 10.9. The number of carbonyl (C=O) groups is 1. The smallest absolute Gasteiger partial charge is 0.223 e. The number of β-amino-alcohol motifs (C(OH)–C–C–N with tert-alkyl or cyclic N) is 1. The molecule has 1 heterocycles. The Balaban J connectivity index is 2.58. The van der Waals surface area contributed by atoms with Crippen LogP contribution in [-0.4, -0.2) is 46.1 Å². The quantitative estimate of drug-likeness (QED) is 0.719. The molecule has 0 spiro atoms. The molecule has 1 fully saturated rings. The Kier molecular flexibility index (Phi) is 4.06. The van der Waals surface area contributed by atoms with E-state index in [1.165, 1.54) is 0 Å². The zero-order valence-corrected chi connectivity index (χ0v) is 9.01. The van der Waals surface area contributed by atoms with Crippen molar-refractivity contribution in [3.05, 3.63) is 0 Å². The summed E-state index contributed by atoms with van der Waals surface area (Å²) in [5, 5.41) is 9.23. The molecule has 0 saturated carbocycles. The predicted octanol–water partition coefficient (Wildman–Crippen LogP) is 0.721. The highest BCUT2D eigenvalue weighted by Gasteiger charge is 2.23. The lowest BCUT2D eigenvalue weighted by Crippen LogP contribution is -2.42. The van der Waals surface area contributed by atoms with Crippen molar-refractivity contribution >= 4 is 17.7 Å². The summed E-state index contributed by atoms with van der Waals surface area (Å²) in [6.45, 7) is 4.23. The fourth-order valence-electron chi connectivity index (χ4n) is 1.46. The third-order valence-electron chi connectivity index (χ3n) is 2.13. The van der Waals surface area contributed by atoms with Crippen molar-refractivity contribution < 1.29 is 9.90 Å². The van der Waals surface area contributed by atoms with Gasteiger partial charge in [-0.25, -0.2) is 0 Å². The summed E-state index contributed by atoms with van der Waals surface area (Å²) in [4.78, 5) is 13.4. The number of aliphatic hydroxyl groups excluding tert-OH is 1. The van der Waals surface area contributed by atoms with Gasteiger partial charge in [-0.3, -0.25) is 4.79 Å². The minimum Gasteiger partial charge on any atom is -0.392 e. The molecule has 2 unspecified atom stereocenters. The lowest BCUT2D eigenvalue weighted by molar-refractivity contribution is -0.133. The fourth-order valence-corrected chi connectivity index (χ4v) is 2.47. The van der Waals surface area contributed by atoms with Crippen LogP contribution in [0.5, 0.6) is 0 Å². The molecule has 0 aromatic rings. The van der Waals surface area contributed by atoms with E-state index in [1.54, 1.807) is 11.8 Å². The van der Waals surface area contributed by atoms with E-state index in [0.29, 0.717) is 13.0 Å². The maximum Gasteiger partial charge on any atom is 0.223 e. The summed E-state index contributed by atoms with van der Waals surface area (Å²) >= 11 is 1.81. The topological polar surface area (TPSA) is 40.5 Å². The van der Waals surface area contributed by atoms with Crippen LogP contribution in [0.4, 0.5) is 0 Å². The van der Waals surface area contributed by atoms with Gasteiger partial charge in [-0.1, -0.05) is 0 Å².